The van der Waals surface area contributed by atoms with Gasteiger partial charge < -0.3 is 24.8 Å². The molecule has 0 bridgehead atoms. The summed E-state index contributed by atoms with van der Waals surface area (Å²) in [6.45, 7) is 0. The van der Waals surface area contributed by atoms with Crippen molar-refractivity contribution in [3.8, 4) is 11.5 Å². The molecule has 2 aromatic rings. The maximum atomic E-state index is 12.8. The van der Waals surface area contributed by atoms with Gasteiger partial charge in [0.1, 0.15) is 0 Å². The number of thiocarbonyl (C=S) groups is 1. The summed E-state index contributed by atoms with van der Waals surface area (Å²) in [5.74, 6) is -0.0463. The van der Waals surface area contributed by atoms with Gasteiger partial charge in [0.15, 0.2) is 16.6 Å². The molecule has 0 radical (unpaired) electrons. The SMILES string of the molecule is COC(=O)c1cc(OC)c(OC)cc1NC(=S)Nc1cccc(C(F)(F)F)c1. The minimum Gasteiger partial charge on any atom is -0.493 e. The molecular formula is C18H17F3N2O4S. The predicted molar refractivity (Wildman–Crippen MR) is 102 cm³/mol. The number of alkyl halides is 3. The third kappa shape index (κ3) is 5.03. The van der Waals surface area contributed by atoms with Crippen LogP contribution < -0.4 is 20.1 Å². The maximum Gasteiger partial charge on any atom is 0.416 e. The number of hydrogen-bond donors (Lipinski definition) is 2. The molecule has 28 heavy (non-hydrogen) atoms. The van der Waals surface area contributed by atoms with Gasteiger partial charge in [0.25, 0.3) is 0 Å². The van der Waals surface area contributed by atoms with E-state index in [0.717, 1.165) is 12.1 Å². The molecular weight excluding hydrogens is 397 g/mol. The first-order chi connectivity index (χ1) is 13.2. The van der Waals surface area contributed by atoms with E-state index in [2.05, 4.69) is 10.6 Å². The summed E-state index contributed by atoms with van der Waals surface area (Å²) in [6.07, 6.45) is -4.48. The van der Waals surface area contributed by atoms with Crippen LogP contribution in [0.3, 0.4) is 0 Å². The van der Waals surface area contributed by atoms with Gasteiger partial charge in [0.2, 0.25) is 0 Å². The topological polar surface area (TPSA) is 68.8 Å². The largest absolute Gasteiger partial charge is 0.493 e. The van der Waals surface area contributed by atoms with E-state index in [1.807, 2.05) is 0 Å². The first-order valence-electron chi connectivity index (χ1n) is 7.79. The second-order valence-corrected chi connectivity index (χ2v) is 5.81. The molecule has 2 N–H and O–H groups in total. The molecule has 0 spiro atoms. The van der Waals surface area contributed by atoms with Crippen molar-refractivity contribution in [2.45, 2.75) is 6.18 Å². The minimum absolute atomic E-state index is 0.0308. The number of carbonyl (C=O) groups excluding carboxylic acids is 1. The number of methoxy groups -OCH3 is 3. The number of esters is 1. The Bertz CT molecular complexity index is 888. The van der Waals surface area contributed by atoms with Gasteiger partial charge in [-0.1, -0.05) is 6.07 Å². The van der Waals surface area contributed by atoms with E-state index in [4.69, 9.17) is 26.4 Å². The maximum absolute atomic E-state index is 12.8. The van der Waals surface area contributed by atoms with Crippen LogP contribution in [-0.4, -0.2) is 32.4 Å². The normalized spacial score (nSPS) is 10.8. The van der Waals surface area contributed by atoms with Crippen molar-refractivity contribution in [3.63, 3.8) is 0 Å². The van der Waals surface area contributed by atoms with Crippen LogP contribution in [0.5, 0.6) is 11.5 Å². The molecule has 0 saturated carbocycles. The molecule has 0 aliphatic carbocycles. The van der Waals surface area contributed by atoms with Crippen molar-refractivity contribution in [1.82, 2.24) is 0 Å². The standard InChI is InChI=1S/C18H17F3N2O4S/c1-25-14-8-12(16(24)27-3)13(9-15(14)26-2)23-17(28)22-11-6-4-5-10(7-11)18(19,20)21/h4-9H,1-3H3,(H2,22,23,28). The zero-order chi connectivity index (χ0) is 20.9. The van der Waals surface area contributed by atoms with E-state index in [-0.39, 0.29) is 22.1 Å². The fourth-order valence-electron chi connectivity index (χ4n) is 2.32. The summed E-state index contributed by atoms with van der Waals surface area (Å²) < 4.78 is 53.6. The Balaban J connectivity index is 2.29. The summed E-state index contributed by atoms with van der Waals surface area (Å²) in [5, 5.41) is 5.38. The van der Waals surface area contributed by atoms with E-state index in [9.17, 15) is 18.0 Å². The highest BCUT2D eigenvalue weighted by atomic mass is 32.1. The average Bonchev–Trinajstić information content (AvgIpc) is 2.66. The number of hydrogen-bond acceptors (Lipinski definition) is 5. The van der Waals surface area contributed by atoms with Gasteiger partial charge in [-0.25, -0.2) is 4.79 Å². The second-order valence-electron chi connectivity index (χ2n) is 5.40. The molecule has 0 fully saturated rings. The van der Waals surface area contributed by atoms with Crippen molar-refractivity contribution in [2.24, 2.45) is 0 Å². The first-order valence-corrected chi connectivity index (χ1v) is 8.20. The van der Waals surface area contributed by atoms with Crippen LogP contribution in [0, 0.1) is 0 Å². The van der Waals surface area contributed by atoms with Crippen molar-refractivity contribution >= 4 is 34.7 Å². The van der Waals surface area contributed by atoms with Crippen LogP contribution in [0.25, 0.3) is 0 Å². The molecule has 0 aromatic heterocycles. The van der Waals surface area contributed by atoms with E-state index in [1.165, 1.54) is 45.6 Å². The molecule has 2 rings (SSSR count). The smallest absolute Gasteiger partial charge is 0.416 e. The van der Waals surface area contributed by atoms with Crippen molar-refractivity contribution in [1.29, 1.82) is 0 Å². The van der Waals surface area contributed by atoms with E-state index < -0.39 is 17.7 Å². The summed E-state index contributed by atoms with van der Waals surface area (Å²) in [4.78, 5) is 12.0. The molecule has 0 aliphatic rings. The number of benzene rings is 2. The molecule has 0 saturated heterocycles. The number of nitrogens with one attached hydrogen (secondary N) is 2. The van der Waals surface area contributed by atoms with Gasteiger partial charge in [0, 0.05) is 17.8 Å². The predicted octanol–water partition coefficient (Wildman–Crippen LogP) is 4.32. The fraction of sp³-hybridized carbons (Fsp3) is 0.222. The van der Waals surface area contributed by atoms with E-state index in [0.29, 0.717) is 11.5 Å². The first kappa shape index (κ1) is 21.3. The van der Waals surface area contributed by atoms with Gasteiger partial charge in [-0.15, -0.1) is 0 Å². The van der Waals surface area contributed by atoms with Crippen molar-refractivity contribution in [2.75, 3.05) is 32.0 Å². The van der Waals surface area contributed by atoms with Crippen LogP contribution in [-0.2, 0) is 10.9 Å². The lowest BCUT2D eigenvalue weighted by atomic mass is 10.1. The quantitative estimate of drug-likeness (QED) is 0.558. The Morgan fingerprint density at radius 2 is 1.64 bits per heavy atom. The number of ether oxygens (including phenoxy) is 3. The van der Waals surface area contributed by atoms with Crippen LogP contribution in [0.2, 0.25) is 0 Å². The Labute approximate surface area is 164 Å². The van der Waals surface area contributed by atoms with Crippen LogP contribution in [0.4, 0.5) is 24.5 Å². The summed E-state index contributed by atoms with van der Waals surface area (Å²) >= 11 is 5.15. The van der Waals surface area contributed by atoms with Crippen LogP contribution in [0.1, 0.15) is 15.9 Å². The molecule has 0 atom stereocenters. The number of carbonyl (C=O) groups is 1. The fourth-order valence-corrected chi connectivity index (χ4v) is 2.55. The lowest BCUT2D eigenvalue weighted by Crippen LogP contribution is -2.21. The highest BCUT2D eigenvalue weighted by Gasteiger charge is 2.30. The minimum atomic E-state index is -4.48. The Kier molecular flexibility index (Phi) is 6.68. The Morgan fingerprint density at radius 1 is 1.00 bits per heavy atom. The molecule has 0 unspecified atom stereocenters. The molecule has 6 nitrogen and oxygen atoms in total. The van der Waals surface area contributed by atoms with Crippen molar-refractivity contribution < 1.29 is 32.2 Å². The molecule has 10 heteroatoms. The van der Waals surface area contributed by atoms with Gasteiger partial charge in [0.05, 0.1) is 38.1 Å². The average molecular weight is 414 g/mol. The molecule has 0 aliphatic heterocycles. The van der Waals surface area contributed by atoms with Crippen LogP contribution >= 0.6 is 12.2 Å². The highest BCUT2D eigenvalue weighted by molar-refractivity contribution is 7.80. The zero-order valence-corrected chi connectivity index (χ0v) is 16.0. The van der Waals surface area contributed by atoms with Gasteiger partial charge in [-0.05, 0) is 30.4 Å². The van der Waals surface area contributed by atoms with E-state index in [1.54, 1.807) is 0 Å². The number of anilines is 2. The molecule has 0 amide bonds. The lowest BCUT2D eigenvalue weighted by Gasteiger charge is -2.17. The molecule has 150 valence electrons. The van der Waals surface area contributed by atoms with Crippen molar-refractivity contribution in [3.05, 3.63) is 47.5 Å². The number of halogens is 3. The van der Waals surface area contributed by atoms with Gasteiger partial charge in [-0.3, -0.25) is 0 Å². The Hall–Kier alpha value is -3.01. The molecule has 2 aromatic carbocycles. The highest BCUT2D eigenvalue weighted by Crippen LogP contribution is 2.34. The molecule has 0 heterocycles. The number of rotatable bonds is 5. The van der Waals surface area contributed by atoms with Crippen LogP contribution in [0.15, 0.2) is 36.4 Å². The summed E-state index contributed by atoms with van der Waals surface area (Å²) in [6, 6.07) is 7.42. The van der Waals surface area contributed by atoms with Gasteiger partial charge >= 0.3 is 12.1 Å². The van der Waals surface area contributed by atoms with E-state index >= 15 is 0 Å². The second kappa shape index (κ2) is 8.79. The summed E-state index contributed by atoms with van der Waals surface area (Å²) in [7, 11) is 4.03. The monoisotopic (exact) mass is 414 g/mol. The summed E-state index contributed by atoms with van der Waals surface area (Å²) in [5.41, 5.74) is -0.351. The third-order valence-electron chi connectivity index (χ3n) is 3.62. The lowest BCUT2D eigenvalue weighted by molar-refractivity contribution is -0.137. The third-order valence-corrected chi connectivity index (χ3v) is 3.83. The zero-order valence-electron chi connectivity index (χ0n) is 15.1. The Morgan fingerprint density at radius 3 is 2.21 bits per heavy atom. The van der Waals surface area contributed by atoms with Gasteiger partial charge in [-0.2, -0.15) is 13.2 Å².